The second-order valence-corrected chi connectivity index (χ2v) is 8.88. The van der Waals surface area contributed by atoms with Gasteiger partial charge in [-0.3, -0.25) is 9.52 Å². The highest BCUT2D eigenvalue weighted by molar-refractivity contribution is 7.92. The van der Waals surface area contributed by atoms with Crippen LogP contribution in [-0.4, -0.2) is 35.7 Å². The van der Waals surface area contributed by atoms with Gasteiger partial charge >= 0.3 is 0 Å². The average Bonchev–Trinajstić information content (AvgIpc) is 2.82. The Morgan fingerprint density at radius 3 is 2.21 bits per heavy atom. The van der Waals surface area contributed by atoms with Gasteiger partial charge in [-0.05, 0) is 42.5 Å². The summed E-state index contributed by atoms with van der Waals surface area (Å²) in [6.07, 6.45) is 0. The summed E-state index contributed by atoms with van der Waals surface area (Å²) in [6.45, 7) is 0.140. The fraction of sp³-hybridized carbons (Fsp3) is 0.174. The summed E-state index contributed by atoms with van der Waals surface area (Å²) in [5.41, 5.74) is 1.10. The van der Waals surface area contributed by atoms with Crippen molar-refractivity contribution in [3.63, 3.8) is 0 Å². The molecule has 10 heteroatoms. The van der Waals surface area contributed by atoms with Crippen molar-refractivity contribution >= 4 is 33.2 Å². The van der Waals surface area contributed by atoms with Gasteiger partial charge in [0.2, 0.25) is 5.75 Å². The minimum absolute atomic E-state index is 0.0973. The zero-order chi connectivity index (χ0) is 24.0. The molecule has 0 atom stereocenters. The first-order valence-corrected chi connectivity index (χ1v) is 11.6. The molecule has 0 spiro atoms. The molecule has 3 rings (SSSR count). The highest BCUT2D eigenvalue weighted by Crippen LogP contribution is 2.39. The number of carbonyl (C=O) groups is 1. The van der Waals surface area contributed by atoms with Crippen molar-refractivity contribution in [2.45, 2.75) is 11.4 Å². The molecule has 0 bridgehead atoms. The molecule has 0 saturated carbocycles. The maximum absolute atomic E-state index is 12.7. The van der Waals surface area contributed by atoms with Crippen LogP contribution >= 0.6 is 11.6 Å². The molecule has 0 radical (unpaired) electrons. The molecular formula is C23H23ClN2O6S. The lowest BCUT2D eigenvalue weighted by Gasteiger charge is -2.16. The number of amides is 1. The zero-order valence-electron chi connectivity index (χ0n) is 18.2. The lowest BCUT2D eigenvalue weighted by Crippen LogP contribution is -2.23. The van der Waals surface area contributed by atoms with Crippen LogP contribution in [0.3, 0.4) is 0 Å². The Morgan fingerprint density at radius 1 is 0.909 bits per heavy atom. The second-order valence-electron chi connectivity index (χ2n) is 6.79. The topological polar surface area (TPSA) is 103 Å². The number of halogens is 1. The van der Waals surface area contributed by atoms with E-state index < -0.39 is 15.9 Å². The monoisotopic (exact) mass is 490 g/mol. The van der Waals surface area contributed by atoms with Gasteiger partial charge in [-0.25, -0.2) is 8.42 Å². The maximum Gasteiger partial charge on any atom is 0.261 e. The van der Waals surface area contributed by atoms with Gasteiger partial charge in [0.15, 0.2) is 11.5 Å². The Hall–Kier alpha value is -3.43. The largest absolute Gasteiger partial charge is 0.493 e. The van der Waals surface area contributed by atoms with E-state index in [0.29, 0.717) is 22.8 Å². The minimum atomic E-state index is -3.77. The van der Waals surface area contributed by atoms with Gasteiger partial charge in [0.1, 0.15) is 0 Å². The number of methoxy groups -OCH3 is 3. The molecule has 0 fully saturated rings. The van der Waals surface area contributed by atoms with Crippen molar-refractivity contribution in [2.24, 2.45) is 0 Å². The van der Waals surface area contributed by atoms with Crippen LogP contribution in [-0.2, 0) is 16.6 Å². The predicted molar refractivity (Wildman–Crippen MR) is 126 cm³/mol. The molecule has 8 nitrogen and oxygen atoms in total. The number of rotatable bonds is 9. The van der Waals surface area contributed by atoms with E-state index in [1.165, 1.54) is 51.7 Å². The van der Waals surface area contributed by atoms with Crippen LogP contribution in [0.15, 0.2) is 65.6 Å². The van der Waals surface area contributed by atoms with E-state index in [0.717, 1.165) is 0 Å². The molecule has 3 aromatic carbocycles. The molecule has 174 valence electrons. The Balaban J connectivity index is 1.74. The third-order valence-corrected chi connectivity index (χ3v) is 6.45. The number of anilines is 1. The van der Waals surface area contributed by atoms with Crippen molar-refractivity contribution in [1.29, 1.82) is 0 Å². The number of ether oxygens (including phenoxy) is 3. The van der Waals surface area contributed by atoms with E-state index in [4.69, 9.17) is 25.8 Å². The summed E-state index contributed by atoms with van der Waals surface area (Å²) in [6, 6.07) is 15.7. The first-order valence-electron chi connectivity index (χ1n) is 9.74. The summed E-state index contributed by atoms with van der Waals surface area (Å²) in [5, 5.41) is 2.87. The van der Waals surface area contributed by atoms with E-state index in [9.17, 15) is 13.2 Å². The van der Waals surface area contributed by atoms with E-state index in [-0.39, 0.29) is 27.7 Å². The minimum Gasteiger partial charge on any atom is -0.493 e. The molecule has 33 heavy (non-hydrogen) atoms. The number of hydrogen-bond acceptors (Lipinski definition) is 6. The highest BCUT2D eigenvalue weighted by Gasteiger charge is 2.18. The van der Waals surface area contributed by atoms with Crippen LogP contribution in [0.1, 0.15) is 15.9 Å². The van der Waals surface area contributed by atoms with E-state index in [1.807, 2.05) is 0 Å². The van der Waals surface area contributed by atoms with Gasteiger partial charge in [-0.2, -0.15) is 0 Å². The molecule has 2 N–H and O–H groups in total. The summed E-state index contributed by atoms with van der Waals surface area (Å²) in [7, 11) is 0.734. The van der Waals surface area contributed by atoms with Crippen LogP contribution in [0.4, 0.5) is 5.69 Å². The predicted octanol–water partition coefficient (Wildman–Crippen LogP) is 4.10. The summed E-state index contributed by atoms with van der Waals surface area (Å²) >= 11 is 6.27. The van der Waals surface area contributed by atoms with Crippen LogP contribution in [0.5, 0.6) is 17.2 Å². The normalized spacial score (nSPS) is 10.9. The van der Waals surface area contributed by atoms with Crippen molar-refractivity contribution < 1.29 is 27.4 Å². The quantitative estimate of drug-likeness (QED) is 0.468. The number of nitrogens with one attached hydrogen (secondary N) is 2. The Labute approximate surface area is 197 Å². The van der Waals surface area contributed by atoms with Crippen molar-refractivity contribution in [3.05, 3.63) is 76.8 Å². The van der Waals surface area contributed by atoms with Gasteiger partial charge in [0, 0.05) is 12.1 Å². The standard InChI is InChI=1S/C23H23ClN2O6S/c1-30-20-12-9-15(21(31-2)22(20)32-3)14-25-23(27)18-11-10-16(13-19(18)24)26-33(28,29)17-7-5-4-6-8-17/h4-13,26H,14H2,1-3H3,(H,25,27). The molecule has 0 unspecified atom stereocenters. The van der Waals surface area contributed by atoms with Gasteiger partial charge < -0.3 is 19.5 Å². The second kappa shape index (κ2) is 10.5. The zero-order valence-corrected chi connectivity index (χ0v) is 19.8. The van der Waals surface area contributed by atoms with Gasteiger partial charge in [0.25, 0.3) is 15.9 Å². The summed E-state index contributed by atoms with van der Waals surface area (Å²) < 4.78 is 43.5. The third kappa shape index (κ3) is 5.50. The van der Waals surface area contributed by atoms with Crippen LogP contribution in [0, 0.1) is 0 Å². The Morgan fingerprint density at radius 2 is 1.61 bits per heavy atom. The lowest BCUT2D eigenvalue weighted by molar-refractivity contribution is 0.0950. The first-order chi connectivity index (χ1) is 15.8. The van der Waals surface area contributed by atoms with Crippen molar-refractivity contribution in [1.82, 2.24) is 5.32 Å². The number of benzene rings is 3. The van der Waals surface area contributed by atoms with Crippen molar-refractivity contribution in [2.75, 3.05) is 26.1 Å². The Bertz CT molecular complexity index is 1250. The van der Waals surface area contributed by atoms with E-state index in [1.54, 1.807) is 30.3 Å². The molecule has 0 aliphatic rings. The van der Waals surface area contributed by atoms with E-state index >= 15 is 0 Å². The lowest BCUT2D eigenvalue weighted by atomic mass is 10.1. The van der Waals surface area contributed by atoms with Gasteiger partial charge in [0.05, 0.1) is 42.5 Å². The molecule has 1 amide bonds. The van der Waals surface area contributed by atoms with Crippen LogP contribution in [0.25, 0.3) is 0 Å². The molecule has 0 aliphatic heterocycles. The summed E-state index contributed by atoms with van der Waals surface area (Å²) in [5.74, 6) is 0.920. The SMILES string of the molecule is COc1ccc(CNC(=O)c2ccc(NS(=O)(=O)c3ccccc3)cc2Cl)c(OC)c1OC. The number of carbonyl (C=O) groups excluding carboxylic acids is 1. The maximum atomic E-state index is 12.7. The molecule has 0 saturated heterocycles. The molecule has 3 aromatic rings. The molecule has 0 heterocycles. The van der Waals surface area contributed by atoms with Gasteiger partial charge in [-0.15, -0.1) is 0 Å². The van der Waals surface area contributed by atoms with Crippen LogP contribution in [0.2, 0.25) is 5.02 Å². The average molecular weight is 491 g/mol. The molecule has 0 aromatic heterocycles. The van der Waals surface area contributed by atoms with Crippen LogP contribution < -0.4 is 24.2 Å². The van der Waals surface area contributed by atoms with Crippen molar-refractivity contribution in [3.8, 4) is 17.2 Å². The first kappa shape index (κ1) is 24.2. The molecule has 0 aliphatic carbocycles. The van der Waals surface area contributed by atoms with E-state index in [2.05, 4.69) is 10.0 Å². The fourth-order valence-corrected chi connectivity index (χ4v) is 4.49. The fourth-order valence-electron chi connectivity index (χ4n) is 3.15. The molecular weight excluding hydrogens is 468 g/mol. The summed E-state index contributed by atoms with van der Waals surface area (Å²) in [4.78, 5) is 12.8. The third-order valence-electron chi connectivity index (χ3n) is 4.74. The van der Waals surface area contributed by atoms with Gasteiger partial charge in [-0.1, -0.05) is 29.8 Å². The highest BCUT2D eigenvalue weighted by atomic mass is 35.5. The number of sulfonamides is 1. The smallest absolute Gasteiger partial charge is 0.261 e. The number of hydrogen-bond donors (Lipinski definition) is 2. The Kier molecular flexibility index (Phi) is 7.67.